The van der Waals surface area contributed by atoms with Crippen LogP contribution in [0.1, 0.15) is 11.1 Å². The molecule has 0 bridgehead atoms. The summed E-state index contributed by atoms with van der Waals surface area (Å²) in [7, 11) is 0. The highest BCUT2D eigenvalue weighted by atomic mass is 35.5. The van der Waals surface area contributed by atoms with E-state index in [2.05, 4.69) is 77.5 Å². The second-order valence-corrected chi connectivity index (χ2v) is 7.70. The molecule has 27 heavy (non-hydrogen) atoms. The number of aryl methyl sites for hydroxylation is 1. The lowest BCUT2D eigenvalue weighted by molar-refractivity contribution is 0.778. The first-order chi connectivity index (χ1) is 13.2. The molecule has 0 fully saturated rings. The molecule has 0 aliphatic rings. The normalized spacial score (nSPS) is 11.7. The van der Waals surface area contributed by atoms with Crippen LogP contribution in [0.3, 0.4) is 0 Å². The minimum atomic E-state index is 0.744. The van der Waals surface area contributed by atoms with Crippen molar-refractivity contribution in [2.45, 2.75) is 13.5 Å². The zero-order valence-electron chi connectivity index (χ0n) is 15.0. The highest BCUT2D eigenvalue weighted by Gasteiger charge is 2.09. The highest BCUT2D eigenvalue weighted by molar-refractivity contribution is 7.07. The third-order valence-corrected chi connectivity index (χ3v) is 5.50. The maximum atomic E-state index is 6.07. The van der Waals surface area contributed by atoms with Crippen LogP contribution in [0.5, 0.6) is 0 Å². The monoisotopic (exact) mass is 390 g/mol. The second kappa shape index (κ2) is 7.95. The SMILES string of the molecule is Cc1ccc(N=c2scc(-c3ccc(Cl)cc3)n2Cc2ccccc2)cc1. The van der Waals surface area contributed by atoms with Crippen molar-refractivity contribution in [2.75, 3.05) is 0 Å². The Balaban J connectivity index is 1.83. The summed E-state index contributed by atoms with van der Waals surface area (Å²) in [6.07, 6.45) is 0. The standard InChI is InChI=1S/C23H19ClN2S/c1-17-7-13-21(14-8-17)25-23-26(15-18-5-3-2-4-6-18)22(16-27-23)19-9-11-20(24)12-10-19/h2-14,16H,15H2,1H3. The molecular weight excluding hydrogens is 372 g/mol. The minimum absolute atomic E-state index is 0.744. The van der Waals surface area contributed by atoms with E-state index in [4.69, 9.17) is 16.6 Å². The summed E-state index contributed by atoms with van der Waals surface area (Å²) in [6, 6.07) is 26.7. The predicted molar refractivity (Wildman–Crippen MR) is 115 cm³/mol. The number of benzene rings is 3. The van der Waals surface area contributed by atoms with E-state index in [1.165, 1.54) is 11.1 Å². The van der Waals surface area contributed by atoms with Gasteiger partial charge in [0.25, 0.3) is 0 Å². The van der Waals surface area contributed by atoms with Crippen LogP contribution in [0, 0.1) is 6.92 Å². The fraction of sp³-hybridized carbons (Fsp3) is 0.0870. The van der Waals surface area contributed by atoms with Gasteiger partial charge < -0.3 is 4.57 Å². The van der Waals surface area contributed by atoms with E-state index in [1.54, 1.807) is 11.3 Å². The third kappa shape index (κ3) is 4.21. The zero-order valence-corrected chi connectivity index (χ0v) is 16.5. The van der Waals surface area contributed by atoms with Gasteiger partial charge in [-0.05, 0) is 42.3 Å². The molecule has 4 rings (SSSR count). The van der Waals surface area contributed by atoms with Crippen LogP contribution in [-0.2, 0) is 6.54 Å². The zero-order chi connectivity index (χ0) is 18.6. The van der Waals surface area contributed by atoms with Gasteiger partial charge in [-0.1, -0.05) is 71.8 Å². The second-order valence-electron chi connectivity index (χ2n) is 6.43. The fourth-order valence-electron chi connectivity index (χ4n) is 2.92. The topological polar surface area (TPSA) is 17.3 Å². The molecule has 134 valence electrons. The Kier molecular flexibility index (Phi) is 5.23. The molecule has 0 spiro atoms. The average molecular weight is 391 g/mol. The van der Waals surface area contributed by atoms with Gasteiger partial charge in [-0.2, -0.15) is 0 Å². The Morgan fingerprint density at radius 2 is 1.59 bits per heavy atom. The number of thiazole rings is 1. The van der Waals surface area contributed by atoms with E-state index in [-0.39, 0.29) is 0 Å². The number of hydrogen-bond acceptors (Lipinski definition) is 2. The molecule has 1 aromatic heterocycles. The van der Waals surface area contributed by atoms with Crippen molar-refractivity contribution < 1.29 is 0 Å². The molecule has 0 N–H and O–H groups in total. The Morgan fingerprint density at radius 3 is 2.30 bits per heavy atom. The molecule has 4 aromatic rings. The Hall–Kier alpha value is -2.62. The van der Waals surface area contributed by atoms with E-state index in [0.29, 0.717) is 0 Å². The van der Waals surface area contributed by atoms with Crippen LogP contribution in [-0.4, -0.2) is 4.57 Å². The summed E-state index contributed by atoms with van der Waals surface area (Å²) in [5.41, 5.74) is 5.73. The molecule has 0 amide bonds. The summed E-state index contributed by atoms with van der Waals surface area (Å²) < 4.78 is 2.27. The van der Waals surface area contributed by atoms with E-state index < -0.39 is 0 Å². The number of halogens is 1. The van der Waals surface area contributed by atoms with Crippen molar-refractivity contribution in [1.29, 1.82) is 0 Å². The molecule has 3 aromatic carbocycles. The van der Waals surface area contributed by atoms with Crippen molar-refractivity contribution in [1.82, 2.24) is 4.57 Å². The molecule has 1 heterocycles. The third-order valence-electron chi connectivity index (χ3n) is 4.38. The Bertz CT molecular complexity index is 1090. The first kappa shape index (κ1) is 17.8. The maximum absolute atomic E-state index is 6.07. The molecular formula is C23H19ClN2S. The van der Waals surface area contributed by atoms with Crippen LogP contribution in [0.15, 0.2) is 89.2 Å². The first-order valence-corrected chi connectivity index (χ1v) is 10.0. The van der Waals surface area contributed by atoms with Gasteiger partial charge in [0, 0.05) is 10.4 Å². The number of aromatic nitrogens is 1. The predicted octanol–water partition coefficient (Wildman–Crippen LogP) is 6.46. The van der Waals surface area contributed by atoms with E-state index in [0.717, 1.165) is 33.3 Å². The van der Waals surface area contributed by atoms with Crippen LogP contribution in [0.25, 0.3) is 11.3 Å². The van der Waals surface area contributed by atoms with Gasteiger partial charge >= 0.3 is 0 Å². The van der Waals surface area contributed by atoms with Gasteiger partial charge in [0.05, 0.1) is 17.9 Å². The van der Waals surface area contributed by atoms with Crippen molar-refractivity contribution in [3.63, 3.8) is 0 Å². The summed E-state index contributed by atoms with van der Waals surface area (Å²) in [5, 5.41) is 2.91. The average Bonchev–Trinajstić information content (AvgIpc) is 3.07. The lowest BCUT2D eigenvalue weighted by Gasteiger charge is -2.10. The number of nitrogens with zero attached hydrogens (tertiary/aromatic N) is 2. The van der Waals surface area contributed by atoms with Crippen molar-refractivity contribution >= 4 is 28.6 Å². The van der Waals surface area contributed by atoms with Gasteiger partial charge in [-0.15, -0.1) is 11.3 Å². The van der Waals surface area contributed by atoms with Crippen LogP contribution < -0.4 is 4.80 Å². The summed E-state index contributed by atoms with van der Waals surface area (Å²) in [5.74, 6) is 0. The van der Waals surface area contributed by atoms with Gasteiger partial charge in [-0.25, -0.2) is 4.99 Å². The fourth-order valence-corrected chi connectivity index (χ4v) is 3.97. The van der Waals surface area contributed by atoms with E-state index >= 15 is 0 Å². The van der Waals surface area contributed by atoms with Gasteiger partial charge in [0.1, 0.15) is 0 Å². The van der Waals surface area contributed by atoms with Crippen molar-refractivity contribution in [2.24, 2.45) is 4.99 Å². The molecule has 2 nitrogen and oxygen atoms in total. The minimum Gasteiger partial charge on any atom is -0.312 e. The maximum Gasteiger partial charge on any atom is 0.190 e. The smallest absolute Gasteiger partial charge is 0.190 e. The quantitative estimate of drug-likeness (QED) is 0.380. The van der Waals surface area contributed by atoms with Gasteiger partial charge in [-0.3, -0.25) is 0 Å². The van der Waals surface area contributed by atoms with Gasteiger partial charge in [0.15, 0.2) is 4.80 Å². The highest BCUT2D eigenvalue weighted by Crippen LogP contribution is 2.23. The number of rotatable bonds is 4. The van der Waals surface area contributed by atoms with Crippen molar-refractivity contribution in [3.8, 4) is 11.3 Å². The Morgan fingerprint density at radius 1 is 0.889 bits per heavy atom. The van der Waals surface area contributed by atoms with Crippen LogP contribution in [0.2, 0.25) is 5.02 Å². The molecule has 0 atom stereocenters. The van der Waals surface area contributed by atoms with Crippen LogP contribution in [0.4, 0.5) is 5.69 Å². The van der Waals surface area contributed by atoms with Crippen LogP contribution >= 0.6 is 22.9 Å². The summed E-state index contributed by atoms with van der Waals surface area (Å²) in [4.78, 5) is 5.88. The molecule has 0 saturated heterocycles. The van der Waals surface area contributed by atoms with E-state index in [9.17, 15) is 0 Å². The molecule has 0 saturated carbocycles. The Labute approximate surface area is 168 Å². The lowest BCUT2D eigenvalue weighted by atomic mass is 10.1. The largest absolute Gasteiger partial charge is 0.312 e. The lowest BCUT2D eigenvalue weighted by Crippen LogP contribution is -2.16. The molecule has 4 heteroatoms. The first-order valence-electron chi connectivity index (χ1n) is 8.79. The van der Waals surface area contributed by atoms with Crippen molar-refractivity contribution in [3.05, 3.63) is 105 Å². The molecule has 0 aliphatic heterocycles. The molecule has 0 aliphatic carbocycles. The summed E-state index contributed by atoms with van der Waals surface area (Å²) in [6.45, 7) is 2.86. The summed E-state index contributed by atoms with van der Waals surface area (Å²) >= 11 is 7.73. The number of hydrogen-bond donors (Lipinski definition) is 0. The molecule has 0 unspecified atom stereocenters. The van der Waals surface area contributed by atoms with E-state index in [1.807, 2.05) is 18.2 Å². The van der Waals surface area contributed by atoms with Gasteiger partial charge in [0.2, 0.25) is 0 Å². The molecule has 0 radical (unpaired) electrons.